The molecule has 4 rings (SSSR count). The number of anilines is 2. The highest BCUT2D eigenvalue weighted by atomic mass is 32.1. The Hall–Kier alpha value is -4.23. The third-order valence-corrected chi connectivity index (χ3v) is 7.09. The van der Waals surface area contributed by atoms with Gasteiger partial charge in [0.1, 0.15) is 16.7 Å². The molecule has 13 heteroatoms. The number of primary amides is 1. The average molecular weight is 558 g/mol. The molecule has 5 N–H and O–H groups in total. The molecule has 206 valence electrons. The summed E-state index contributed by atoms with van der Waals surface area (Å²) in [6.45, 7) is 0.823. The van der Waals surface area contributed by atoms with Crippen LogP contribution in [0, 0.1) is 5.82 Å². The molecule has 0 bridgehead atoms. The lowest BCUT2D eigenvalue weighted by molar-refractivity contribution is -0.123. The van der Waals surface area contributed by atoms with Crippen molar-refractivity contribution < 1.29 is 33.0 Å². The van der Waals surface area contributed by atoms with E-state index in [1.165, 1.54) is 49.5 Å². The number of methoxy groups -OCH3 is 2. The number of hydrogen-bond donors (Lipinski definition) is 3. The van der Waals surface area contributed by atoms with E-state index in [1.54, 1.807) is 12.1 Å². The summed E-state index contributed by atoms with van der Waals surface area (Å²) in [5.41, 5.74) is 11.5. The fraction of sp³-hybridized carbons (Fsp3) is 0.308. The maximum Gasteiger partial charge on any atom is 0.273 e. The molecule has 1 saturated heterocycles. The fourth-order valence-corrected chi connectivity index (χ4v) is 5.02. The topological polar surface area (TPSA) is 159 Å². The molecule has 11 nitrogen and oxygen atoms in total. The van der Waals surface area contributed by atoms with Gasteiger partial charge < -0.3 is 31.0 Å². The minimum atomic E-state index is -1.28. The standard InChI is InChI=1S/C26H28FN5O6S/c1-36-18-10-9-16(12-19(18)37-2)32(26(35)23-20(28)21(24(29)33)31-39-23)22(14-5-7-15(27)8-6-14)25(34)30-13-17-4-3-11-38-17/h5-10,12,17,22H,3-4,11,13,28H2,1-2H3,(H2,29,33)(H,30,34)/t17-,22+/m0/s1. The summed E-state index contributed by atoms with van der Waals surface area (Å²) < 4.78 is 34.2. The molecule has 0 unspecified atom stereocenters. The van der Waals surface area contributed by atoms with Gasteiger partial charge in [-0.15, -0.1) is 0 Å². The molecule has 0 saturated carbocycles. The Balaban J connectivity index is 1.85. The molecule has 1 aliphatic heterocycles. The maximum atomic E-state index is 14.1. The lowest BCUT2D eigenvalue weighted by atomic mass is 10.0. The molecule has 39 heavy (non-hydrogen) atoms. The average Bonchev–Trinajstić information content (AvgIpc) is 3.60. The maximum absolute atomic E-state index is 14.1. The zero-order chi connectivity index (χ0) is 28.1. The third-order valence-electron chi connectivity index (χ3n) is 6.24. The highest BCUT2D eigenvalue weighted by molar-refractivity contribution is 7.09. The first-order chi connectivity index (χ1) is 18.7. The summed E-state index contributed by atoms with van der Waals surface area (Å²) in [5.74, 6) is -2.00. The number of carbonyl (C=O) groups excluding carboxylic acids is 3. The third kappa shape index (κ3) is 5.94. The van der Waals surface area contributed by atoms with E-state index in [2.05, 4.69) is 9.69 Å². The van der Waals surface area contributed by atoms with Gasteiger partial charge >= 0.3 is 0 Å². The Morgan fingerprint density at radius 2 is 1.90 bits per heavy atom. The van der Waals surface area contributed by atoms with Crippen LogP contribution >= 0.6 is 11.5 Å². The molecule has 3 aromatic rings. The van der Waals surface area contributed by atoms with Gasteiger partial charge in [0.25, 0.3) is 11.8 Å². The Morgan fingerprint density at radius 1 is 1.18 bits per heavy atom. The zero-order valence-corrected chi connectivity index (χ0v) is 22.1. The number of aromatic nitrogens is 1. The van der Waals surface area contributed by atoms with E-state index in [9.17, 15) is 18.8 Å². The number of benzene rings is 2. The Kier molecular flexibility index (Phi) is 8.62. The number of nitrogen functional groups attached to an aromatic ring is 1. The Labute approximate surface area is 228 Å². The smallest absolute Gasteiger partial charge is 0.273 e. The van der Waals surface area contributed by atoms with E-state index in [-0.39, 0.29) is 34.6 Å². The highest BCUT2D eigenvalue weighted by Gasteiger charge is 2.37. The molecule has 0 spiro atoms. The van der Waals surface area contributed by atoms with Crippen LogP contribution in [0.5, 0.6) is 11.5 Å². The van der Waals surface area contributed by atoms with Crippen LogP contribution in [0.2, 0.25) is 0 Å². The second-order valence-electron chi connectivity index (χ2n) is 8.69. The molecule has 3 amide bonds. The predicted octanol–water partition coefficient (Wildman–Crippen LogP) is 2.66. The number of carbonyl (C=O) groups is 3. The number of halogens is 1. The van der Waals surface area contributed by atoms with Crippen molar-refractivity contribution in [2.75, 3.05) is 38.0 Å². The van der Waals surface area contributed by atoms with Gasteiger partial charge in [0.05, 0.1) is 26.0 Å². The lowest BCUT2D eigenvalue weighted by Crippen LogP contribution is -2.45. The van der Waals surface area contributed by atoms with Gasteiger partial charge in [-0.1, -0.05) is 12.1 Å². The zero-order valence-electron chi connectivity index (χ0n) is 21.3. The minimum absolute atomic E-state index is 0.0994. The van der Waals surface area contributed by atoms with Gasteiger partial charge in [-0.05, 0) is 54.2 Å². The van der Waals surface area contributed by atoms with Crippen molar-refractivity contribution in [3.63, 3.8) is 0 Å². The van der Waals surface area contributed by atoms with Crippen molar-refractivity contribution in [3.05, 3.63) is 64.4 Å². The van der Waals surface area contributed by atoms with Gasteiger partial charge in [0.15, 0.2) is 17.2 Å². The van der Waals surface area contributed by atoms with Crippen LogP contribution in [-0.2, 0) is 9.53 Å². The van der Waals surface area contributed by atoms with Crippen LogP contribution in [0.4, 0.5) is 15.8 Å². The first-order valence-corrected chi connectivity index (χ1v) is 12.8. The fourth-order valence-electron chi connectivity index (χ4n) is 4.28. The van der Waals surface area contributed by atoms with Crippen LogP contribution in [0.1, 0.15) is 44.6 Å². The SMILES string of the molecule is COc1ccc(N(C(=O)c2snc(C(N)=O)c2N)[C@@H](C(=O)NC[C@@H]2CCCO2)c2ccc(F)cc2)cc1OC. The van der Waals surface area contributed by atoms with E-state index >= 15 is 0 Å². The number of nitrogens with one attached hydrogen (secondary N) is 1. The monoisotopic (exact) mass is 557 g/mol. The lowest BCUT2D eigenvalue weighted by Gasteiger charge is -2.32. The number of hydrogen-bond acceptors (Lipinski definition) is 9. The summed E-state index contributed by atoms with van der Waals surface area (Å²) in [6.07, 6.45) is 1.50. The van der Waals surface area contributed by atoms with E-state index < -0.39 is 29.6 Å². The Bertz CT molecular complexity index is 1360. The van der Waals surface area contributed by atoms with Crippen LogP contribution in [-0.4, -0.2) is 55.6 Å². The van der Waals surface area contributed by atoms with Crippen molar-refractivity contribution in [3.8, 4) is 11.5 Å². The second kappa shape index (κ2) is 12.1. The largest absolute Gasteiger partial charge is 0.493 e. The molecule has 2 heterocycles. The number of amides is 3. The van der Waals surface area contributed by atoms with Crippen LogP contribution in [0.15, 0.2) is 42.5 Å². The van der Waals surface area contributed by atoms with Crippen LogP contribution < -0.4 is 31.2 Å². The molecule has 0 radical (unpaired) electrons. The first-order valence-electron chi connectivity index (χ1n) is 12.0. The van der Waals surface area contributed by atoms with Gasteiger partial charge in [0.2, 0.25) is 5.91 Å². The molecule has 1 aromatic heterocycles. The quantitative estimate of drug-likeness (QED) is 0.343. The van der Waals surface area contributed by atoms with E-state index in [0.717, 1.165) is 12.8 Å². The number of rotatable bonds is 10. The number of ether oxygens (including phenoxy) is 3. The van der Waals surface area contributed by atoms with Gasteiger partial charge in [-0.2, -0.15) is 4.37 Å². The summed E-state index contributed by atoms with van der Waals surface area (Å²) in [6, 6.07) is 8.59. The van der Waals surface area contributed by atoms with Crippen LogP contribution in [0.3, 0.4) is 0 Å². The van der Waals surface area contributed by atoms with Gasteiger partial charge in [0, 0.05) is 24.9 Å². The minimum Gasteiger partial charge on any atom is -0.493 e. The molecular formula is C26H28FN5O6S. The molecule has 2 aromatic carbocycles. The van der Waals surface area contributed by atoms with E-state index in [1.807, 2.05) is 0 Å². The molecule has 2 atom stereocenters. The van der Waals surface area contributed by atoms with E-state index in [0.29, 0.717) is 35.2 Å². The normalized spacial score (nSPS) is 15.4. The summed E-state index contributed by atoms with van der Waals surface area (Å²) >= 11 is 0.679. The van der Waals surface area contributed by atoms with Gasteiger partial charge in [-0.3, -0.25) is 19.3 Å². The van der Waals surface area contributed by atoms with Crippen molar-refractivity contribution in [1.29, 1.82) is 0 Å². The predicted molar refractivity (Wildman–Crippen MR) is 143 cm³/mol. The number of nitrogens with two attached hydrogens (primary N) is 2. The highest BCUT2D eigenvalue weighted by Crippen LogP contribution is 2.38. The van der Waals surface area contributed by atoms with Gasteiger partial charge in [-0.25, -0.2) is 4.39 Å². The molecule has 1 aliphatic rings. The molecule has 0 aliphatic carbocycles. The molecular weight excluding hydrogens is 529 g/mol. The second-order valence-corrected chi connectivity index (χ2v) is 9.46. The van der Waals surface area contributed by atoms with Crippen molar-refractivity contribution in [2.24, 2.45) is 5.73 Å². The van der Waals surface area contributed by atoms with Crippen molar-refractivity contribution >= 4 is 40.6 Å². The Morgan fingerprint density at radius 3 is 2.49 bits per heavy atom. The van der Waals surface area contributed by atoms with Crippen LogP contribution in [0.25, 0.3) is 0 Å². The summed E-state index contributed by atoms with van der Waals surface area (Å²) in [4.78, 5) is 40.8. The van der Waals surface area contributed by atoms with Crippen molar-refractivity contribution in [2.45, 2.75) is 25.0 Å². The number of nitrogens with zero attached hydrogens (tertiary/aromatic N) is 2. The van der Waals surface area contributed by atoms with Crippen molar-refractivity contribution in [1.82, 2.24) is 9.69 Å². The summed E-state index contributed by atoms with van der Waals surface area (Å²) in [5, 5.41) is 2.86. The molecule has 1 fully saturated rings. The van der Waals surface area contributed by atoms with E-state index in [4.69, 9.17) is 25.7 Å². The summed E-state index contributed by atoms with van der Waals surface area (Å²) in [7, 11) is 2.89. The first kappa shape index (κ1) is 27.8.